The Hall–Kier alpha value is -5.07. The van der Waals surface area contributed by atoms with Crippen LogP contribution in [0.25, 0.3) is 40.3 Å². The molecule has 9 aromatic rings. The number of pyridine rings is 2. The molecule has 5 nitrogen and oxygen atoms in total. The molecule has 0 saturated carbocycles. The normalized spacial score (nSPS) is 11.2. The standard InChI is InChI=1S/C40H23N3O2S2.Pt/c1-2-12-26(13-3-1)43(27-22-31-29-14-4-6-16-35(29)46-39(31)33(24-27)44-37-18-8-10-20-41-37)28-23-32-30-15-5-7-17-36(30)47-40(32)34(25-28)45-38-19-9-11-21-42-38;/h1-23H;/q-2;+2. The average Bonchev–Trinajstić information content (AvgIpc) is 3.69. The first-order valence-corrected chi connectivity index (χ1v) is 16.7. The molecule has 0 fully saturated rings. The molecule has 0 radical (unpaired) electrons. The summed E-state index contributed by atoms with van der Waals surface area (Å²) in [5.74, 6) is 2.25. The third-order valence-electron chi connectivity index (χ3n) is 7.91. The topological polar surface area (TPSA) is 47.5 Å². The number of aromatic nitrogens is 2. The minimum Gasteiger partial charge on any atom is -0.464 e. The summed E-state index contributed by atoms with van der Waals surface area (Å²) in [6, 6.07) is 50.1. The van der Waals surface area contributed by atoms with E-state index in [2.05, 4.69) is 99.8 Å². The van der Waals surface area contributed by atoms with Gasteiger partial charge in [-0.15, -0.1) is 35.0 Å². The van der Waals surface area contributed by atoms with Crippen molar-refractivity contribution in [1.82, 2.24) is 9.97 Å². The monoisotopic (exact) mass is 836 g/mol. The van der Waals surface area contributed by atoms with E-state index in [4.69, 9.17) is 9.47 Å². The molecule has 0 saturated heterocycles. The molecular weight excluding hydrogens is 814 g/mol. The van der Waals surface area contributed by atoms with Crippen LogP contribution >= 0.6 is 22.7 Å². The summed E-state index contributed by atoms with van der Waals surface area (Å²) in [7, 11) is 0. The molecule has 0 unspecified atom stereocenters. The molecule has 8 heteroatoms. The minimum atomic E-state index is 0. The Kier molecular flexibility index (Phi) is 8.11. The Bertz CT molecular complexity index is 2380. The SMILES string of the molecule is [Pt+2].[c-]1c(N(c2[c-]c(Oc3ccccn3)c3sc4ccccc4c3c2)c2ccccc2)cc2c(sc3ccccc32)c1Oc1ccccn1. The van der Waals surface area contributed by atoms with Gasteiger partial charge in [-0.2, -0.15) is 0 Å². The van der Waals surface area contributed by atoms with Crippen molar-refractivity contribution in [2.24, 2.45) is 0 Å². The van der Waals surface area contributed by atoms with Crippen LogP contribution in [0.5, 0.6) is 23.3 Å². The van der Waals surface area contributed by atoms with Gasteiger partial charge in [-0.25, -0.2) is 32.6 Å². The number of benzene rings is 5. The van der Waals surface area contributed by atoms with E-state index in [0.29, 0.717) is 23.3 Å². The molecule has 4 aromatic heterocycles. The van der Waals surface area contributed by atoms with E-state index in [-0.39, 0.29) is 21.1 Å². The van der Waals surface area contributed by atoms with Crippen molar-refractivity contribution in [1.29, 1.82) is 0 Å². The molecule has 5 aromatic carbocycles. The van der Waals surface area contributed by atoms with Gasteiger partial charge in [0, 0.05) is 51.1 Å². The number of ether oxygens (including phenoxy) is 2. The molecule has 4 heterocycles. The molecule has 0 amide bonds. The van der Waals surface area contributed by atoms with Crippen molar-refractivity contribution in [3.05, 3.63) is 152 Å². The zero-order valence-electron chi connectivity index (χ0n) is 25.1. The van der Waals surface area contributed by atoms with Gasteiger partial charge in [0.15, 0.2) is 0 Å². The van der Waals surface area contributed by atoms with Crippen molar-refractivity contribution in [3.63, 3.8) is 0 Å². The van der Waals surface area contributed by atoms with E-state index in [1.54, 1.807) is 35.1 Å². The smallest absolute Gasteiger partial charge is 0.464 e. The summed E-state index contributed by atoms with van der Waals surface area (Å²) in [6.07, 6.45) is 3.46. The fourth-order valence-corrected chi connectivity index (χ4v) is 8.08. The van der Waals surface area contributed by atoms with Crippen LogP contribution < -0.4 is 14.4 Å². The Labute approximate surface area is 298 Å². The Morgan fingerprint density at radius 1 is 0.500 bits per heavy atom. The summed E-state index contributed by atoms with van der Waals surface area (Å²) in [4.78, 5) is 11.1. The van der Waals surface area contributed by atoms with Crippen molar-refractivity contribution in [2.45, 2.75) is 0 Å². The number of nitrogens with zero attached hydrogens (tertiary/aromatic N) is 3. The summed E-state index contributed by atoms with van der Waals surface area (Å²) >= 11 is 3.38. The third-order valence-corrected chi connectivity index (χ3v) is 10.3. The molecule has 232 valence electrons. The quantitative estimate of drug-likeness (QED) is 0.150. The number of rotatable bonds is 7. The van der Waals surface area contributed by atoms with Crippen LogP contribution in [0.2, 0.25) is 0 Å². The van der Waals surface area contributed by atoms with Crippen LogP contribution in [0.15, 0.2) is 140 Å². The van der Waals surface area contributed by atoms with E-state index >= 15 is 0 Å². The average molecular weight is 837 g/mol. The second-order valence-corrected chi connectivity index (χ2v) is 13.0. The van der Waals surface area contributed by atoms with Crippen molar-refractivity contribution in [2.75, 3.05) is 4.90 Å². The van der Waals surface area contributed by atoms with E-state index in [1.165, 1.54) is 9.40 Å². The maximum Gasteiger partial charge on any atom is 2.00 e. The van der Waals surface area contributed by atoms with E-state index in [9.17, 15) is 0 Å². The summed E-state index contributed by atoms with van der Waals surface area (Å²) in [6.45, 7) is 0. The Balaban J connectivity index is 0.00000336. The molecule has 9 rings (SSSR count). The van der Waals surface area contributed by atoms with Crippen LogP contribution in [-0.2, 0) is 21.1 Å². The van der Waals surface area contributed by atoms with E-state index < -0.39 is 0 Å². The van der Waals surface area contributed by atoms with Crippen LogP contribution in [0.1, 0.15) is 0 Å². The van der Waals surface area contributed by atoms with Crippen LogP contribution in [0.3, 0.4) is 0 Å². The number of thiophene rings is 2. The molecule has 0 atom stereocenters. The Morgan fingerprint density at radius 3 is 1.44 bits per heavy atom. The fourth-order valence-electron chi connectivity index (χ4n) is 5.84. The second-order valence-electron chi connectivity index (χ2n) is 10.9. The molecule has 0 N–H and O–H groups in total. The summed E-state index contributed by atoms with van der Waals surface area (Å²) < 4.78 is 17.3. The molecular formula is C40H23N3O2PtS2. The molecule has 0 aliphatic heterocycles. The zero-order valence-corrected chi connectivity index (χ0v) is 29.0. The van der Waals surface area contributed by atoms with Gasteiger partial charge in [-0.3, -0.25) is 0 Å². The molecule has 0 spiro atoms. The number of fused-ring (bicyclic) bond motifs is 6. The number of para-hydroxylation sites is 1. The number of hydrogen-bond acceptors (Lipinski definition) is 7. The second kappa shape index (κ2) is 12.9. The van der Waals surface area contributed by atoms with Crippen LogP contribution in [-0.4, -0.2) is 9.97 Å². The van der Waals surface area contributed by atoms with Gasteiger partial charge in [0.1, 0.15) is 0 Å². The molecule has 0 aliphatic carbocycles. The number of hydrogen-bond donors (Lipinski definition) is 0. The predicted octanol–water partition coefficient (Wildman–Crippen LogP) is 11.9. The van der Waals surface area contributed by atoms with Crippen molar-refractivity contribution < 1.29 is 30.5 Å². The van der Waals surface area contributed by atoms with E-state index in [1.807, 2.05) is 54.6 Å². The number of anilines is 3. The van der Waals surface area contributed by atoms with Gasteiger partial charge >= 0.3 is 21.1 Å². The maximum absolute atomic E-state index is 6.48. The first-order chi connectivity index (χ1) is 23.3. The van der Waals surface area contributed by atoms with Crippen LogP contribution in [0, 0.1) is 12.1 Å². The molecule has 0 bridgehead atoms. The first-order valence-electron chi connectivity index (χ1n) is 15.1. The Morgan fingerprint density at radius 2 is 0.958 bits per heavy atom. The molecule has 0 aliphatic rings. The first kappa shape index (κ1) is 30.3. The van der Waals surface area contributed by atoms with Crippen molar-refractivity contribution >= 4 is 80.1 Å². The van der Waals surface area contributed by atoms with Crippen LogP contribution in [0.4, 0.5) is 17.1 Å². The van der Waals surface area contributed by atoms with Gasteiger partial charge in [-0.05, 0) is 56.6 Å². The minimum absolute atomic E-state index is 0. The van der Waals surface area contributed by atoms with Gasteiger partial charge in [0.2, 0.25) is 11.8 Å². The summed E-state index contributed by atoms with van der Waals surface area (Å²) in [5, 5.41) is 4.48. The largest absolute Gasteiger partial charge is 2.00 e. The van der Waals surface area contributed by atoms with Crippen molar-refractivity contribution in [3.8, 4) is 23.3 Å². The van der Waals surface area contributed by atoms with Gasteiger partial charge in [0.05, 0.1) is 0 Å². The summed E-state index contributed by atoms with van der Waals surface area (Å²) in [5.41, 5.74) is 2.56. The van der Waals surface area contributed by atoms with Gasteiger partial charge in [0.25, 0.3) is 0 Å². The third kappa shape index (κ3) is 5.50. The van der Waals surface area contributed by atoms with E-state index in [0.717, 1.165) is 48.0 Å². The fraction of sp³-hybridized carbons (Fsp3) is 0. The predicted molar refractivity (Wildman–Crippen MR) is 193 cm³/mol. The zero-order chi connectivity index (χ0) is 31.2. The van der Waals surface area contributed by atoms with Gasteiger partial charge < -0.3 is 14.4 Å². The molecule has 48 heavy (non-hydrogen) atoms. The van der Waals surface area contributed by atoms with Gasteiger partial charge in [-0.1, -0.05) is 78.1 Å². The maximum atomic E-state index is 6.48.